The number of esters is 2. The first-order valence-corrected chi connectivity index (χ1v) is 27.8. The monoisotopic (exact) mass is 1110 g/mol. The first-order chi connectivity index (χ1) is 39.9. The van der Waals surface area contributed by atoms with Gasteiger partial charge in [-0.05, 0) is 88.8 Å². The Labute approximate surface area is 477 Å². The number of nitrogens with one attached hydrogen (secondary N) is 1. The number of imide groups is 1. The highest BCUT2D eigenvalue weighted by atomic mass is 16.7. The number of ether oxygens (including phenoxy) is 5. The molecule has 422 valence electrons. The van der Waals surface area contributed by atoms with Crippen LogP contribution in [0.15, 0.2) is 152 Å². The first-order valence-electron chi connectivity index (χ1n) is 27.8. The largest absolute Gasteiger partial charge is 0.491 e. The smallest absolute Gasteiger partial charge is 0.329 e. The summed E-state index contributed by atoms with van der Waals surface area (Å²) in [6, 6.07) is 41.7. The maximum absolute atomic E-state index is 17.1. The van der Waals surface area contributed by atoms with Gasteiger partial charge in [-0.25, -0.2) is 14.5 Å². The van der Waals surface area contributed by atoms with Gasteiger partial charge in [-0.3, -0.25) is 29.1 Å². The van der Waals surface area contributed by atoms with Crippen molar-refractivity contribution >= 4 is 35.5 Å². The number of carbonyl (C=O) groups is 5. The number of nitrogens with zero attached hydrogens (tertiary/aromatic N) is 5. The summed E-state index contributed by atoms with van der Waals surface area (Å²) < 4.78 is 29.1. The SMILES string of the molecule is COC(=O)C(NC(=O)N1C(=O)C2(c3cc(C#CCN(C)Cc4ccccc4)ccc31)C(C(=O)N1CCN(Cc3ccc4c(c3)OCO4)CC1)C1C(=O)OC(c3ccccc3)C(c3ccccc3)N1C2c1ccc(OCCO)cc1)C(C)C. The molecule has 7 atom stereocenters. The molecule has 5 heterocycles. The number of hydrogen-bond donors (Lipinski definition) is 2. The van der Waals surface area contributed by atoms with E-state index in [2.05, 4.69) is 39.1 Å². The fourth-order valence-corrected chi connectivity index (χ4v) is 12.5. The molecule has 82 heavy (non-hydrogen) atoms. The number of fused-ring (bicyclic) bond motifs is 4. The molecule has 0 radical (unpaired) electrons. The van der Waals surface area contributed by atoms with E-state index in [0.717, 1.165) is 21.6 Å². The third kappa shape index (κ3) is 10.5. The quantitative estimate of drug-likeness (QED) is 0.0780. The summed E-state index contributed by atoms with van der Waals surface area (Å²) in [7, 11) is 3.21. The Morgan fingerprint density at radius 2 is 1.46 bits per heavy atom. The molecule has 5 aliphatic heterocycles. The van der Waals surface area contributed by atoms with Crippen LogP contribution in [0.5, 0.6) is 17.2 Å². The molecule has 4 amide bonds. The number of cyclic esters (lactones) is 1. The van der Waals surface area contributed by atoms with Crippen LogP contribution in [-0.4, -0.2) is 133 Å². The van der Waals surface area contributed by atoms with Crippen molar-refractivity contribution in [3.05, 3.63) is 191 Å². The number of aliphatic hydroxyl groups excluding tert-OH is 1. The molecule has 3 fully saturated rings. The first kappa shape index (κ1) is 55.4. The Morgan fingerprint density at radius 3 is 2.15 bits per heavy atom. The Bertz CT molecular complexity index is 3380. The summed E-state index contributed by atoms with van der Waals surface area (Å²) in [4.78, 5) is 87.4. The number of amides is 4. The predicted molar refractivity (Wildman–Crippen MR) is 304 cm³/mol. The van der Waals surface area contributed by atoms with Gasteiger partial charge in [0.05, 0.1) is 44.0 Å². The van der Waals surface area contributed by atoms with Crippen molar-refractivity contribution in [3.63, 3.8) is 0 Å². The third-order valence-corrected chi connectivity index (χ3v) is 16.3. The van der Waals surface area contributed by atoms with E-state index in [9.17, 15) is 9.90 Å². The van der Waals surface area contributed by atoms with Crippen LogP contribution < -0.4 is 24.4 Å². The number of carbonyl (C=O) groups excluding carboxylic acids is 5. The standard InChI is InChI=1S/C65H66N6O11/c1-42(2)55(61(74)78-4)66-64(77)70-51-28-22-43(17-14-30-67(3)39-44-15-8-5-9-16-44)37-50(51)65(63(70)76)54(60(73)69-33-31-68(32-34-69)40-45-23-29-52-53(38-45)81-41-80-52)57-62(75)82-58(47-20-12-7-13-21-47)56(46-18-10-6-11-19-46)71(57)59(65)48-24-26-49(27-25-48)79-36-35-72/h5-13,15-16,18-29,37-38,42,54-59,72H,30-36,39-41H2,1-4H3,(H,66,77). The van der Waals surface area contributed by atoms with Gasteiger partial charge in [-0.1, -0.05) is 135 Å². The predicted octanol–water partition coefficient (Wildman–Crippen LogP) is 7.19. The van der Waals surface area contributed by atoms with E-state index < -0.39 is 77.3 Å². The summed E-state index contributed by atoms with van der Waals surface area (Å²) in [5.74, 6) is 3.79. The number of benzene rings is 6. The topological polar surface area (TPSA) is 180 Å². The van der Waals surface area contributed by atoms with Gasteiger partial charge in [-0.15, -0.1) is 0 Å². The molecule has 0 bridgehead atoms. The second-order valence-electron chi connectivity index (χ2n) is 21.7. The Morgan fingerprint density at radius 1 is 0.780 bits per heavy atom. The Hall–Kier alpha value is -8.53. The van der Waals surface area contributed by atoms with Crippen LogP contribution in [0.2, 0.25) is 0 Å². The van der Waals surface area contributed by atoms with Crippen LogP contribution in [0.3, 0.4) is 0 Å². The van der Waals surface area contributed by atoms with Gasteiger partial charge in [0, 0.05) is 44.8 Å². The molecule has 0 saturated carbocycles. The number of methoxy groups -OCH3 is 1. The number of hydrogen-bond acceptors (Lipinski definition) is 14. The molecule has 0 aromatic heterocycles. The highest BCUT2D eigenvalue weighted by Crippen LogP contribution is 2.66. The summed E-state index contributed by atoms with van der Waals surface area (Å²) >= 11 is 0. The minimum Gasteiger partial charge on any atom is -0.491 e. The van der Waals surface area contributed by atoms with Gasteiger partial charge in [0.2, 0.25) is 18.6 Å². The van der Waals surface area contributed by atoms with E-state index in [0.29, 0.717) is 72.2 Å². The zero-order chi connectivity index (χ0) is 57.1. The summed E-state index contributed by atoms with van der Waals surface area (Å²) in [6.07, 6.45) is -0.944. The van der Waals surface area contributed by atoms with Crippen molar-refractivity contribution in [2.45, 2.75) is 62.6 Å². The van der Waals surface area contributed by atoms with Gasteiger partial charge < -0.3 is 39.0 Å². The van der Waals surface area contributed by atoms with Crippen LogP contribution >= 0.6 is 0 Å². The molecule has 2 N–H and O–H groups in total. The second-order valence-corrected chi connectivity index (χ2v) is 21.7. The molecule has 17 heteroatoms. The minimum absolute atomic E-state index is 0.0207. The lowest BCUT2D eigenvalue weighted by Crippen LogP contribution is -2.59. The van der Waals surface area contributed by atoms with Crippen LogP contribution in [-0.2, 0) is 47.2 Å². The van der Waals surface area contributed by atoms with E-state index in [4.69, 9.17) is 23.7 Å². The fraction of sp³-hybridized carbons (Fsp3) is 0.338. The summed E-state index contributed by atoms with van der Waals surface area (Å²) in [5, 5.41) is 12.6. The fourth-order valence-electron chi connectivity index (χ4n) is 12.5. The van der Waals surface area contributed by atoms with E-state index in [1.165, 1.54) is 7.11 Å². The molecule has 17 nitrogen and oxygen atoms in total. The zero-order valence-electron chi connectivity index (χ0n) is 46.3. The van der Waals surface area contributed by atoms with Crippen molar-refractivity contribution < 1.29 is 52.8 Å². The number of urea groups is 1. The normalized spacial score (nSPS) is 22.3. The lowest BCUT2D eigenvalue weighted by atomic mass is 9.64. The molecular weight excluding hydrogens is 1040 g/mol. The summed E-state index contributed by atoms with van der Waals surface area (Å²) in [5.41, 5.74) is 2.97. The number of aliphatic hydroxyl groups is 1. The molecular formula is C65H66N6O11. The van der Waals surface area contributed by atoms with Crippen LogP contribution in [0.25, 0.3) is 0 Å². The Kier molecular flexibility index (Phi) is 16.1. The number of anilines is 1. The van der Waals surface area contributed by atoms with Gasteiger partial charge >= 0.3 is 18.0 Å². The van der Waals surface area contributed by atoms with Crippen molar-refractivity contribution in [2.24, 2.45) is 11.8 Å². The summed E-state index contributed by atoms with van der Waals surface area (Å²) in [6.45, 7) is 6.46. The molecule has 7 unspecified atom stereocenters. The lowest BCUT2D eigenvalue weighted by molar-refractivity contribution is -0.179. The molecule has 6 aromatic rings. The second kappa shape index (κ2) is 23.9. The maximum atomic E-state index is 17.1. The Balaban J connectivity index is 1.11. The van der Waals surface area contributed by atoms with Crippen LogP contribution in [0.4, 0.5) is 10.5 Å². The lowest BCUT2D eigenvalue weighted by Gasteiger charge is -2.46. The molecule has 5 aliphatic rings. The average Bonchev–Trinajstić information content (AvgIpc) is 2.12. The van der Waals surface area contributed by atoms with E-state index in [1.54, 1.807) is 49.1 Å². The molecule has 1 spiro atoms. The number of piperazine rings is 1. The van der Waals surface area contributed by atoms with Crippen molar-refractivity contribution in [3.8, 4) is 29.1 Å². The van der Waals surface area contributed by atoms with E-state index >= 15 is 19.2 Å². The maximum Gasteiger partial charge on any atom is 0.329 e. The van der Waals surface area contributed by atoms with Crippen molar-refractivity contribution in [1.82, 2.24) is 24.9 Å². The number of rotatable bonds is 15. The van der Waals surface area contributed by atoms with Crippen molar-refractivity contribution in [2.75, 3.05) is 71.8 Å². The molecule has 0 aliphatic carbocycles. The van der Waals surface area contributed by atoms with Gasteiger partial charge in [-0.2, -0.15) is 0 Å². The zero-order valence-corrected chi connectivity index (χ0v) is 46.3. The van der Waals surface area contributed by atoms with Gasteiger partial charge in [0.15, 0.2) is 11.5 Å². The number of morpholine rings is 1. The van der Waals surface area contributed by atoms with Crippen LogP contribution in [0.1, 0.15) is 71.0 Å². The van der Waals surface area contributed by atoms with Gasteiger partial charge in [0.25, 0.3) is 0 Å². The average molecular weight is 1110 g/mol. The van der Waals surface area contributed by atoms with Gasteiger partial charge in [0.1, 0.15) is 36.0 Å². The van der Waals surface area contributed by atoms with E-state index in [1.807, 2.05) is 121 Å². The minimum atomic E-state index is -2.08. The molecule has 6 aromatic carbocycles. The third-order valence-electron chi connectivity index (χ3n) is 16.3. The molecule has 11 rings (SSSR count). The van der Waals surface area contributed by atoms with Crippen LogP contribution in [0, 0.1) is 23.7 Å². The molecule has 3 saturated heterocycles. The van der Waals surface area contributed by atoms with E-state index in [-0.39, 0.29) is 38.8 Å². The highest BCUT2D eigenvalue weighted by molar-refractivity contribution is 6.25. The highest BCUT2D eigenvalue weighted by Gasteiger charge is 2.76. The van der Waals surface area contributed by atoms with Crippen molar-refractivity contribution in [1.29, 1.82) is 0 Å².